The predicted molar refractivity (Wildman–Crippen MR) is 94.7 cm³/mol. The Hall–Kier alpha value is -2.04. The van der Waals surface area contributed by atoms with Crippen LogP contribution in [0, 0.1) is 0 Å². The lowest BCUT2D eigenvalue weighted by molar-refractivity contribution is 0.358. The van der Waals surface area contributed by atoms with Crippen LogP contribution in [0.15, 0.2) is 18.5 Å². The number of aromatic nitrogens is 2. The molecule has 0 saturated carbocycles. The quantitative estimate of drug-likeness (QED) is 0.698. The molecule has 0 unspecified atom stereocenters. The summed E-state index contributed by atoms with van der Waals surface area (Å²) in [6.07, 6.45) is 6.26. The van der Waals surface area contributed by atoms with Gasteiger partial charge >= 0.3 is 0 Å². The molecule has 1 heterocycles. The lowest BCUT2D eigenvalue weighted by Crippen LogP contribution is -2.26. The average molecular weight is 317 g/mol. The van der Waals surface area contributed by atoms with Crippen molar-refractivity contribution in [3.8, 4) is 11.5 Å². The fourth-order valence-electron chi connectivity index (χ4n) is 2.70. The maximum atomic E-state index is 5.51. The van der Waals surface area contributed by atoms with Crippen LogP contribution in [0.25, 0.3) is 10.9 Å². The molecular formula is C18H27N3O2. The van der Waals surface area contributed by atoms with Gasteiger partial charge in [0.15, 0.2) is 11.5 Å². The summed E-state index contributed by atoms with van der Waals surface area (Å²) in [5.74, 6) is 2.34. The first-order chi connectivity index (χ1) is 11.3. The van der Waals surface area contributed by atoms with Gasteiger partial charge in [0.05, 0.1) is 14.2 Å². The first-order valence-electron chi connectivity index (χ1n) is 8.37. The van der Waals surface area contributed by atoms with Crippen molar-refractivity contribution in [2.75, 3.05) is 32.2 Å². The number of nitrogens with zero attached hydrogens (tertiary/aromatic N) is 3. The summed E-state index contributed by atoms with van der Waals surface area (Å²) < 4.78 is 10.9. The van der Waals surface area contributed by atoms with Crippen LogP contribution >= 0.6 is 0 Å². The fourth-order valence-corrected chi connectivity index (χ4v) is 2.70. The molecule has 5 heteroatoms. The molecule has 0 spiro atoms. The zero-order valence-electron chi connectivity index (χ0n) is 14.6. The highest BCUT2D eigenvalue weighted by atomic mass is 16.5. The smallest absolute Gasteiger partial charge is 0.187 e. The molecule has 0 aliphatic carbocycles. The third-order valence-electron chi connectivity index (χ3n) is 3.99. The lowest BCUT2D eigenvalue weighted by atomic mass is 10.1. The first-order valence-corrected chi connectivity index (χ1v) is 8.37. The number of rotatable bonds is 9. The number of ether oxygens (including phenoxy) is 2. The molecule has 0 saturated heterocycles. The summed E-state index contributed by atoms with van der Waals surface area (Å²) in [6.45, 7) is 6.45. The van der Waals surface area contributed by atoms with Gasteiger partial charge in [-0.3, -0.25) is 0 Å². The van der Waals surface area contributed by atoms with Gasteiger partial charge in [0.1, 0.15) is 17.7 Å². The van der Waals surface area contributed by atoms with Gasteiger partial charge in [-0.25, -0.2) is 9.97 Å². The molecule has 2 rings (SSSR count). The van der Waals surface area contributed by atoms with Crippen LogP contribution in [0.1, 0.15) is 39.5 Å². The molecule has 0 atom stereocenters. The average Bonchev–Trinajstić information content (AvgIpc) is 2.60. The zero-order valence-corrected chi connectivity index (χ0v) is 14.6. The van der Waals surface area contributed by atoms with Crippen molar-refractivity contribution in [2.24, 2.45) is 0 Å². The monoisotopic (exact) mass is 317 g/mol. The first kappa shape index (κ1) is 17.3. The summed E-state index contributed by atoms with van der Waals surface area (Å²) in [5.41, 5.74) is 0.801. The van der Waals surface area contributed by atoms with E-state index in [-0.39, 0.29) is 0 Å². The summed E-state index contributed by atoms with van der Waals surface area (Å²) >= 11 is 0. The number of hydrogen-bond acceptors (Lipinski definition) is 5. The van der Waals surface area contributed by atoms with E-state index in [0.29, 0.717) is 11.5 Å². The molecule has 0 radical (unpaired) electrons. The number of anilines is 1. The molecule has 0 N–H and O–H groups in total. The Kier molecular flexibility index (Phi) is 6.44. The zero-order chi connectivity index (χ0) is 16.7. The summed E-state index contributed by atoms with van der Waals surface area (Å²) in [4.78, 5) is 11.3. The second kappa shape index (κ2) is 8.56. The Labute approximate surface area is 138 Å². The Morgan fingerprint density at radius 3 is 2.22 bits per heavy atom. The molecule has 1 aromatic carbocycles. The molecule has 0 bridgehead atoms. The van der Waals surface area contributed by atoms with Crippen LogP contribution < -0.4 is 14.4 Å². The summed E-state index contributed by atoms with van der Waals surface area (Å²) in [5, 5.41) is 1.01. The van der Waals surface area contributed by atoms with E-state index in [9.17, 15) is 0 Å². The SMILES string of the molecule is CCCCN(CCCC)c1ncnc2c(OC)c(OC)ccc12. The highest BCUT2D eigenvalue weighted by molar-refractivity contribution is 5.95. The van der Waals surface area contributed by atoms with Crippen molar-refractivity contribution in [2.45, 2.75) is 39.5 Å². The molecule has 0 amide bonds. The number of benzene rings is 1. The molecule has 0 aliphatic heterocycles. The van der Waals surface area contributed by atoms with E-state index in [1.54, 1.807) is 20.5 Å². The van der Waals surface area contributed by atoms with Gasteiger partial charge < -0.3 is 14.4 Å². The van der Waals surface area contributed by atoms with Crippen molar-refractivity contribution in [3.63, 3.8) is 0 Å². The molecule has 23 heavy (non-hydrogen) atoms. The third kappa shape index (κ3) is 3.84. The van der Waals surface area contributed by atoms with E-state index in [1.165, 1.54) is 12.8 Å². The van der Waals surface area contributed by atoms with Crippen LogP contribution in [0.3, 0.4) is 0 Å². The minimum absolute atomic E-state index is 0.666. The standard InChI is InChI=1S/C18H27N3O2/c1-5-7-11-21(12-8-6-2)18-14-9-10-15(22-3)17(23-4)16(14)19-13-20-18/h9-10,13H,5-8,11-12H2,1-4H3. The normalized spacial score (nSPS) is 10.8. The maximum Gasteiger partial charge on any atom is 0.187 e. The summed E-state index contributed by atoms with van der Waals surface area (Å²) in [7, 11) is 3.28. The van der Waals surface area contributed by atoms with Crippen molar-refractivity contribution >= 4 is 16.7 Å². The van der Waals surface area contributed by atoms with Gasteiger partial charge in [-0.1, -0.05) is 26.7 Å². The van der Waals surface area contributed by atoms with E-state index in [0.717, 1.165) is 42.7 Å². The van der Waals surface area contributed by atoms with Crippen molar-refractivity contribution in [1.29, 1.82) is 0 Å². The number of unbranched alkanes of at least 4 members (excludes halogenated alkanes) is 2. The minimum Gasteiger partial charge on any atom is -0.493 e. The van der Waals surface area contributed by atoms with E-state index in [2.05, 4.69) is 28.7 Å². The van der Waals surface area contributed by atoms with Crippen molar-refractivity contribution in [1.82, 2.24) is 9.97 Å². The fraction of sp³-hybridized carbons (Fsp3) is 0.556. The van der Waals surface area contributed by atoms with Gasteiger partial charge in [0.25, 0.3) is 0 Å². The van der Waals surface area contributed by atoms with Gasteiger partial charge in [-0.05, 0) is 25.0 Å². The van der Waals surface area contributed by atoms with Crippen LogP contribution in [-0.4, -0.2) is 37.3 Å². The van der Waals surface area contributed by atoms with Gasteiger partial charge in [0.2, 0.25) is 0 Å². The predicted octanol–water partition coefficient (Wildman–Crippen LogP) is 4.05. The Bertz CT molecular complexity index is 623. The van der Waals surface area contributed by atoms with Crippen LogP contribution in [-0.2, 0) is 0 Å². The van der Waals surface area contributed by atoms with E-state index < -0.39 is 0 Å². The van der Waals surface area contributed by atoms with E-state index >= 15 is 0 Å². The highest BCUT2D eigenvalue weighted by Crippen LogP contribution is 2.37. The van der Waals surface area contributed by atoms with Gasteiger partial charge in [-0.2, -0.15) is 0 Å². The highest BCUT2D eigenvalue weighted by Gasteiger charge is 2.16. The lowest BCUT2D eigenvalue weighted by Gasteiger charge is -2.25. The van der Waals surface area contributed by atoms with Crippen molar-refractivity contribution in [3.05, 3.63) is 18.5 Å². The van der Waals surface area contributed by atoms with Crippen LogP contribution in [0.4, 0.5) is 5.82 Å². The molecule has 126 valence electrons. The molecule has 5 nitrogen and oxygen atoms in total. The van der Waals surface area contributed by atoms with Gasteiger partial charge in [0, 0.05) is 18.5 Å². The van der Waals surface area contributed by atoms with E-state index in [4.69, 9.17) is 9.47 Å². The molecule has 1 aromatic heterocycles. The van der Waals surface area contributed by atoms with E-state index in [1.807, 2.05) is 12.1 Å². The third-order valence-corrected chi connectivity index (χ3v) is 3.99. The van der Waals surface area contributed by atoms with Crippen LogP contribution in [0.2, 0.25) is 0 Å². The summed E-state index contributed by atoms with van der Waals surface area (Å²) in [6, 6.07) is 3.95. The Balaban J connectivity index is 2.49. The number of methoxy groups -OCH3 is 2. The van der Waals surface area contributed by atoms with Crippen LogP contribution in [0.5, 0.6) is 11.5 Å². The topological polar surface area (TPSA) is 47.5 Å². The Morgan fingerprint density at radius 2 is 1.65 bits per heavy atom. The molecular weight excluding hydrogens is 290 g/mol. The van der Waals surface area contributed by atoms with Gasteiger partial charge in [-0.15, -0.1) is 0 Å². The molecule has 2 aromatic rings. The maximum absolute atomic E-state index is 5.51. The molecule has 0 aliphatic rings. The largest absolute Gasteiger partial charge is 0.493 e. The van der Waals surface area contributed by atoms with Crippen molar-refractivity contribution < 1.29 is 9.47 Å². The minimum atomic E-state index is 0.666. The Morgan fingerprint density at radius 1 is 0.957 bits per heavy atom. The number of fused-ring (bicyclic) bond motifs is 1. The molecule has 0 fully saturated rings. The second-order valence-electron chi connectivity index (χ2n) is 5.59. The second-order valence-corrected chi connectivity index (χ2v) is 5.59. The number of hydrogen-bond donors (Lipinski definition) is 0.